The number of piperazine rings is 1. The van der Waals surface area contributed by atoms with Crippen molar-refractivity contribution < 1.29 is 18.0 Å². The molecular weight excluding hydrogens is 304 g/mol. The van der Waals surface area contributed by atoms with Crippen molar-refractivity contribution in [1.82, 2.24) is 9.80 Å². The summed E-state index contributed by atoms with van der Waals surface area (Å²) in [5, 5.41) is 0. The minimum absolute atomic E-state index is 0.0252. The Labute approximate surface area is 130 Å². The monoisotopic (exact) mass is 324 g/mol. The van der Waals surface area contributed by atoms with E-state index in [4.69, 9.17) is 0 Å². The predicted octanol–water partition coefficient (Wildman–Crippen LogP) is 0.535. The van der Waals surface area contributed by atoms with Gasteiger partial charge in [0.1, 0.15) is 0 Å². The lowest BCUT2D eigenvalue weighted by Crippen LogP contribution is -2.50. The number of hydrogen-bond acceptors (Lipinski definition) is 4. The molecule has 0 bridgehead atoms. The summed E-state index contributed by atoms with van der Waals surface area (Å²) >= 11 is 0. The summed E-state index contributed by atoms with van der Waals surface area (Å²) in [7, 11) is -3.08. The Hall–Kier alpha value is -1.89. The summed E-state index contributed by atoms with van der Waals surface area (Å²) in [4.78, 5) is 27.1. The Kier molecular flexibility index (Phi) is 4.85. The van der Waals surface area contributed by atoms with Crippen LogP contribution in [0.3, 0.4) is 0 Å². The van der Waals surface area contributed by atoms with Gasteiger partial charge in [-0.05, 0) is 17.7 Å². The van der Waals surface area contributed by atoms with Crippen molar-refractivity contribution in [1.29, 1.82) is 0 Å². The molecule has 1 fully saturated rings. The van der Waals surface area contributed by atoms with Gasteiger partial charge >= 0.3 is 0 Å². The molecule has 0 N–H and O–H groups in total. The minimum Gasteiger partial charge on any atom is -0.339 e. The van der Waals surface area contributed by atoms with E-state index in [9.17, 15) is 18.0 Å². The molecule has 0 unspecified atom stereocenters. The first kappa shape index (κ1) is 16.5. The van der Waals surface area contributed by atoms with Gasteiger partial charge in [-0.25, -0.2) is 8.42 Å². The molecule has 0 saturated carbocycles. The Morgan fingerprint density at radius 2 is 1.50 bits per heavy atom. The molecule has 120 valence electrons. The summed E-state index contributed by atoms with van der Waals surface area (Å²) < 4.78 is 22.5. The van der Waals surface area contributed by atoms with E-state index < -0.39 is 9.84 Å². The average molecular weight is 324 g/mol. The van der Waals surface area contributed by atoms with E-state index in [1.54, 1.807) is 34.1 Å². The molecule has 0 radical (unpaired) electrons. The molecule has 1 saturated heterocycles. The molecule has 1 heterocycles. The van der Waals surface area contributed by atoms with Gasteiger partial charge in [0.25, 0.3) is 5.91 Å². The van der Waals surface area contributed by atoms with E-state index >= 15 is 0 Å². The summed E-state index contributed by atoms with van der Waals surface area (Å²) in [5.74, 6) is -0.0926. The van der Waals surface area contributed by atoms with Crippen LogP contribution in [0.25, 0.3) is 0 Å². The second-order valence-corrected chi connectivity index (χ2v) is 7.71. The van der Waals surface area contributed by atoms with Crippen molar-refractivity contribution in [2.45, 2.75) is 12.7 Å². The topological polar surface area (TPSA) is 74.8 Å². The van der Waals surface area contributed by atoms with Gasteiger partial charge in [0.05, 0.1) is 5.75 Å². The maximum absolute atomic E-state index is 12.4. The summed E-state index contributed by atoms with van der Waals surface area (Å²) in [5.41, 5.74) is 1.20. The molecule has 0 aromatic heterocycles. The quantitative estimate of drug-likeness (QED) is 0.813. The van der Waals surface area contributed by atoms with E-state index in [0.717, 1.165) is 0 Å². The number of amides is 2. The number of nitrogens with zero attached hydrogens (tertiary/aromatic N) is 2. The molecule has 1 aliphatic rings. The first-order chi connectivity index (χ1) is 10.3. The van der Waals surface area contributed by atoms with Crippen LogP contribution in [-0.4, -0.2) is 62.5 Å². The van der Waals surface area contributed by atoms with Gasteiger partial charge in [0.15, 0.2) is 9.84 Å². The van der Waals surface area contributed by atoms with Crippen LogP contribution in [0.2, 0.25) is 0 Å². The van der Waals surface area contributed by atoms with Crippen molar-refractivity contribution in [2.24, 2.45) is 0 Å². The molecule has 1 aliphatic heterocycles. The molecule has 0 aliphatic carbocycles. The first-order valence-electron chi connectivity index (χ1n) is 7.08. The van der Waals surface area contributed by atoms with Crippen LogP contribution in [0, 0.1) is 0 Å². The smallest absolute Gasteiger partial charge is 0.253 e. The fraction of sp³-hybridized carbons (Fsp3) is 0.467. The summed E-state index contributed by atoms with van der Waals surface area (Å²) in [6, 6.07) is 6.64. The van der Waals surface area contributed by atoms with Crippen molar-refractivity contribution >= 4 is 21.7 Å². The van der Waals surface area contributed by atoms with E-state index in [2.05, 4.69) is 0 Å². The van der Waals surface area contributed by atoms with Gasteiger partial charge in [0.2, 0.25) is 5.91 Å². The van der Waals surface area contributed by atoms with Crippen LogP contribution < -0.4 is 0 Å². The lowest BCUT2D eigenvalue weighted by molar-refractivity contribution is -0.130. The molecule has 1 aromatic carbocycles. The van der Waals surface area contributed by atoms with Crippen LogP contribution in [0.5, 0.6) is 0 Å². The van der Waals surface area contributed by atoms with E-state index in [1.165, 1.54) is 13.2 Å². The van der Waals surface area contributed by atoms with Crippen molar-refractivity contribution in [3.05, 3.63) is 35.4 Å². The number of carbonyl (C=O) groups is 2. The molecule has 7 heteroatoms. The highest BCUT2D eigenvalue weighted by atomic mass is 32.2. The van der Waals surface area contributed by atoms with Gasteiger partial charge in [-0.15, -0.1) is 0 Å². The molecule has 2 rings (SSSR count). The lowest BCUT2D eigenvalue weighted by Gasteiger charge is -2.34. The first-order valence-corrected chi connectivity index (χ1v) is 9.14. The number of benzene rings is 1. The highest BCUT2D eigenvalue weighted by molar-refractivity contribution is 7.89. The normalized spacial score (nSPS) is 15.7. The average Bonchev–Trinajstić information content (AvgIpc) is 2.46. The van der Waals surface area contributed by atoms with Crippen molar-refractivity contribution in [3.63, 3.8) is 0 Å². The van der Waals surface area contributed by atoms with E-state index in [1.807, 2.05) is 0 Å². The third kappa shape index (κ3) is 4.30. The highest BCUT2D eigenvalue weighted by Gasteiger charge is 2.23. The second-order valence-electron chi connectivity index (χ2n) is 5.57. The van der Waals surface area contributed by atoms with E-state index in [-0.39, 0.29) is 17.6 Å². The zero-order valence-corrected chi connectivity index (χ0v) is 13.6. The molecular formula is C15H20N2O4S. The number of carbonyl (C=O) groups excluding carboxylic acids is 2. The summed E-state index contributed by atoms with van der Waals surface area (Å²) in [6.07, 6.45) is 1.18. The van der Waals surface area contributed by atoms with Crippen LogP contribution in [0.4, 0.5) is 0 Å². The van der Waals surface area contributed by atoms with Crippen LogP contribution >= 0.6 is 0 Å². The third-order valence-electron chi connectivity index (χ3n) is 3.64. The summed E-state index contributed by atoms with van der Waals surface area (Å²) in [6.45, 7) is 3.66. The molecule has 22 heavy (non-hydrogen) atoms. The second kappa shape index (κ2) is 6.48. The van der Waals surface area contributed by atoms with Gasteiger partial charge in [-0.3, -0.25) is 9.59 Å². The Morgan fingerprint density at radius 3 is 1.95 bits per heavy atom. The van der Waals surface area contributed by atoms with Crippen LogP contribution in [0.15, 0.2) is 24.3 Å². The molecule has 0 atom stereocenters. The Balaban J connectivity index is 2.00. The minimum atomic E-state index is -3.08. The zero-order valence-electron chi connectivity index (χ0n) is 12.8. The molecule has 1 aromatic rings. The van der Waals surface area contributed by atoms with Crippen LogP contribution in [0.1, 0.15) is 22.8 Å². The number of hydrogen-bond donors (Lipinski definition) is 0. The largest absolute Gasteiger partial charge is 0.339 e. The van der Waals surface area contributed by atoms with Gasteiger partial charge < -0.3 is 9.80 Å². The highest BCUT2D eigenvalue weighted by Crippen LogP contribution is 2.12. The number of rotatable bonds is 3. The molecule has 2 amide bonds. The van der Waals surface area contributed by atoms with E-state index in [0.29, 0.717) is 37.3 Å². The Bertz CT molecular complexity index is 659. The Morgan fingerprint density at radius 1 is 1.00 bits per heavy atom. The number of sulfone groups is 1. The zero-order chi connectivity index (χ0) is 16.3. The SMILES string of the molecule is CC(=O)N1CCN(C(=O)c2ccc(CS(C)(=O)=O)cc2)CC1. The van der Waals surface area contributed by atoms with Gasteiger partial charge in [-0.2, -0.15) is 0 Å². The molecule has 0 spiro atoms. The fourth-order valence-corrected chi connectivity index (χ4v) is 3.25. The maximum atomic E-state index is 12.4. The standard InChI is InChI=1S/C15H20N2O4S/c1-12(18)16-7-9-17(10-8-16)15(19)14-5-3-13(4-6-14)11-22(2,20)21/h3-6H,7-11H2,1-2H3. The lowest BCUT2D eigenvalue weighted by atomic mass is 10.1. The fourth-order valence-electron chi connectivity index (χ4n) is 2.45. The molecule has 6 nitrogen and oxygen atoms in total. The van der Waals surface area contributed by atoms with Gasteiger partial charge in [-0.1, -0.05) is 12.1 Å². The van der Waals surface area contributed by atoms with Crippen LogP contribution in [-0.2, 0) is 20.4 Å². The maximum Gasteiger partial charge on any atom is 0.253 e. The van der Waals surface area contributed by atoms with Gasteiger partial charge in [0, 0.05) is 44.9 Å². The predicted molar refractivity (Wildman–Crippen MR) is 83.1 cm³/mol. The third-order valence-corrected chi connectivity index (χ3v) is 4.50. The van der Waals surface area contributed by atoms with Crippen molar-refractivity contribution in [3.8, 4) is 0 Å². The van der Waals surface area contributed by atoms with Crippen molar-refractivity contribution in [2.75, 3.05) is 32.4 Å².